The molecular weight excluding hydrogens is 374 g/mol. The normalized spacial score (nSPS) is 14.6. The molecule has 1 heteroatoms. The summed E-state index contributed by atoms with van der Waals surface area (Å²) in [6, 6.07) is 23.7. The topological polar surface area (TPSA) is 12.4 Å². The Morgan fingerprint density at radius 2 is 1.52 bits per heavy atom. The van der Waals surface area contributed by atoms with Gasteiger partial charge in [0.25, 0.3) is 0 Å². The zero-order valence-corrected chi connectivity index (χ0v) is 18.2. The van der Waals surface area contributed by atoms with E-state index in [1.54, 1.807) is 0 Å². The van der Waals surface area contributed by atoms with Crippen LogP contribution in [-0.2, 0) is 6.42 Å². The number of hydrogen-bond donors (Lipinski definition) is 0. The van der Waals surface area contributed by atoms with Crippen LogP contribution in [0, 0.1) is 0 Å². The van der Waals surface area contributed by atoms with Crippen molar-refractivity contribution in [2.24, 2.45) is 4.99 Å². The third-order valence-electron chi connectivity index (χ3n) is 5.54. The lowest BCUT2D eigenvalue weighted by molar-refractivity contribution is 1.19. The quantitative estimate of drug-likeness (QED) is 0.392. The fourth-order valence-electron chi connectivity index (χ4n) is 3.92. The van der Waals surface area contributed by atoms with Crippen LogP contribution in [0.3, 0.4) is 0 Å². The summed E-state index contributed by atoms with van der Waals surface area (Å²) in [6.45, 7) is 12.3. The number of fused-ring (bicyclic) bond motifs is 4. The van der Waals surface area contributed by atoms with E-state index in [4.69, 9.17) is 4.99 Å². The van der Waals surface area contributed by atoms with Crippen LogP contribution in [0.4, 0.5) is 5.69 Å². The van der Waals surface area contributed by atoms with Gasteiger partial charge in [-0.3, -0.25) is 4.99 Å². The van der Waals surface area contributed by atoms with Crippen LogP contribution < -0.4 is 0 Å². The highest BCUT2D eigenvalue weighted by Crippen LogP contribution is 2.35. The number of nitrogens with zero attached hydrogens (tertiary/aromatic N) is 1. The molecule has 152 valence electrons. The second-order valence-corrected chi connectivity index (χ2v) is 8.01. The van der Waals surface area contributed by atoms with Crippen molar-refractivity contribution in [1.82, 2.24) is 0 Å². The second-order valence-electron chi connectivity index (χ2n) is 8.01. The van der Waals surface area contributed by atoms with Crippen molar-refractivity contribution in [2.45, 2.75) is 20.3 Å². The van der Waals surface area contributed by atoms with E-state index in [9.17, 15) is 0 Å². The maximum Gasteiger partial charge on any atom is 0.0668 e. The molecule has 0 aliphatic carbocycles. The van der Waals surface area contributed by atoms with E-state index in [-0.39, 0.29) is 0 Å². The number of aliphatic imine (C=N–C) groups is 1. The number of hydrogen-bond acceptors (Lipinski definition) is 1. The Balaban J connectivity index is 1.83. The van der Waals surface area contributed by atoms with Crippen LogP contribution in [0.25, 0.3) is 16.7 Å². The molecule has 1 aliphatic heterocycles. The maximum atomic E-state index is 5.00. The number of benzene rings is 3. The molecule has 0 aromatic heterocycles. The van der Waals surface area contributed by atoms with Crippen LogP contribution in [-0.4, -0.2) is 5.71 Å². The van der Waals surface area contributed by atoms with Gasteiger partial charge in [-0.1, -0.05) is 97.6 Å². The molecule has 31 heavy (non-hydrogen) atoms. The molecule has 4 rings (SSSR count). The first kappa shape index (κ1) is 20.6. The predicted molar refractivity (Wildman–Crippen MR) is 135 cm³/mol. The lowest BCUT2D eigenvalue weighted by Gasteiger charge is -2.15. The Bertz CT molecular complexity index is 1250. The Hall–Kier alpha value is -3.71. The maximum absolute atomic E-state index is 5.00. The van der Waals surface area contributed by atoms with Gasteiger partial charge in [-0.15, -0.1) is 0 Å². The molecule has 0 N–H and O–H groups in total. The van der Waals surface area contributed by atoms with E-state index in [1.807, 2.05) is 31.2 Å². The summed E-state index contributed by atoms with van der Waals surface area (Å²) in [7, 11) is 0. The summed E-state index contributed by atoms with van der Waals surface area (Å²) < 4.78 is 0. The van der Waals surface area contributed by atoms with E-state index in [1.165, 1.54) is 22.3 Å². The molecule has 1 heterocycles. The second kappa shape index (κ2) is 8.97. The molecule has 0 atom stereocenters. The third kappa shape index (κ3) is 4.57. The minimum Gasteiger partial charge on any atom is -0.253 e. The van der Waals surface area contributed by atoms with Crippen LogP contribution >= 0.6 is 0 Å². The van der Waals surface area contributed by atoms with Crippen molar-refractivity contribution in [3.05, 3.63) is 132 Å². The predicted octanol–water partition coefficient (Wildman–Crippen LogP) is 8.10. The number of para-hydroxylation sites is 1. The first-order chi connectivity index (χ1) is 15.0. The summed E-state index contributed by atoms with van der Waals surface area (Å²) in [4.78, 5) is 5.00. The molecule has 0 radical (unpaired) electrons. The summed E-state index contributed by atoms with van der Waals surface area (Å²) in [5, 5.41) is 0. The molecule has 0 fully saturated rings. The Kier molecular flexibility index (Phi) is 5.95. The zero-order chi connectivity index (χ0) is 21.8. The van der Waals surface area contributed by atoms with E-state index in [0.29, 0.717) is 0 Å². The molecule has 1 nitrogen and oxygen atoms in total. The molecule has 0 spiro atoms. The monoisotopic (exact) mass is 401 g/mol. The van der Waals surface area contributed by atoms with E-state index < -0.39 is 0 Å². The van der Waals surface area contributed by atoms with Gasteiger partial charge < -0.3 is 0 Å². The van der Waals surface area contributed by atoms with Crippen LogP contribution in [0.2, 0.25) is 0 Å². The average molecular weight is 402 g/mol. The van der Waals surface area contributed by atoms with Gasteiger partial charge in [0.1, 0.15) is 0 Å². The van der Waals surface area contributed by atoms with Gasteiger partial charge in [0, 0.05) is 17.7 Å². The minimum absolute atomic E-state index is 0.860. The molecule has 0 saturated carbocycles. The average Bonchev–Trinajstić information content (AvgIpc) is 2.82. The largest absolute Gasteiger partial charge is 0.253 e. The van der Waals surface area contributed by atoms with Gasteiger partial charge in [0.05, 0.1) is 5.69 Å². The fraction of sp³-hybridized carbons (Fsp3) is 0.100. The van der Waals surface area contributed by atoms with Crippen molar-refractivity contribution >= 4 is 17.0 Å². The first-order valence-corrected chi connectivity index (χ1v) is 10.6. The van der Waals surface area contributed by atoms with Gasteiger partial charge in [-0.05, 0) is 59.4 Å². The third-order valence-corrected chi connectivity index (χ3v) is 5.54. The summed E-state index contributed by atoms with van der Waals surface area (Å²) >= 11 is 0. The lowest BCUT2D eigenvalue weighted by atomic mass is 9.89. The highest BCUT2D eigenvalue weighted by Gasteiger charge is 2.16. The zero-order valence-electron chi connectivity index (χ0n) is 18.2. The Morgan fingerprint density at radius 1 is 0.806 bits per heavy atom. The van der Waals surface area contributed by atoms with Crippen molar-refractivity contribution in [2.75, 3.05) is 0 Å². The smallest absolute Gasteiger partial charge is 0.0668 e. The molecule has 3 aromatic carbocycles. The molecule has 1 aliphatic rings. The number of rotatable bonds is 4. The van der Waals surface area contributed by atoms with Gasteiger partial charge in [-0.2, -0.15) is 0 Å². The van der Waals surface area contributed by atoms with E-state index >= 15 is 0 Å². The van der Waals surface area contributed by atoms with Crippen LogP contribution in [0.15, 0.2) is 115 Å². The van der Waals surface area contributed by atoms with E-state index in [2.05, 4.69) is 86.8 Å². The van der Waals surface area contributed by atoms with Crippen molar-refractivity contribution in [1.29, 1.82) is 0 Å². The van der Waals surface area contributed by atoms with Crippen LogP contribution in [0.1, 0.15) is 36.1 Å². The van der Waals surface area contributed by atoms with Crippen molar-refractivity contribution < 1.29 is 0 Å². The van der Waals surface area contributed by atoms with E-state index in [0.717, 1.165) is 40.1 Å². The highest BCUT2D eigenvalue weighted by atomic mass is 14.7. The fourth-order valence-corrected chi connectivity index (χ4v) is 3.92. The van der Waals surface area contributed by atoms with Crippen LogP contribution in [0.5, 0.6) is 0 Å². The summed E-state index contributed by atoms with van der Waals surface area (Å²) in [5.41, 5.74) is 11.4. The summed E-state index contributed by atoms with van der Waals surface area (Å²) in [5.74, 6) is 0. The summed E-state index contributed by atoms with van der Waals surface area (Å²) in [6.07, 6.45) is 8.89. The lowest BCUT2D eigenvalue weighted by Crippen LogP contribution is -2.00. The van der Waals surface area contributed by atoms with Gasteiger partial charge in [0.2, 0.25) is 0 Å². The van der Waals surface area contributed by atoms with Crippen molar-refractivity contribution in [3.8, 4) is 11.1 Å². The molecule has 3 aromatic rings. The molecule has 0 amide bonds. The standard InChI is InChI=1S/C30H27N/c1-21(2)11-5-6-12-22(3)24-17-18-27-23(4)31-30-16-10-8-14-26(30)19-25-13-7-9-15-28(25)29(27)20-24/h5-18,20H,1,3,19H2,2,4H3/b11-5+,12-6-,31-23+. The highest BCUT2D eigenvalue weighted by molar-refractivity contribution is 6.06. The SMILES string of the molecule is C=C(C)/C=C/C=C\C(=C)c1ccc2c(c1)-c1ccccc1Cc1ccccc1/N=C/2C. The first-order valence-electron chi connectivity index (χ1n) is 10.6. The Morgan fingerprint density at radius 3 is 2.32 bits per heavy atom. The van der Waals surface area contributed by atoms with Crippen molar-refractivity contribution in [3.63, 3.8) is 0 Å². The Labute approximate surface area is 185 Å². The molecule has 0 bridgehead atoms. The minimum atomic E-state index is 0.860. The van der Waals surface area contributed by atoms with Gasteiger partial charge >= 0.3 is 0 Å². The van der Waals surface area contributed by atoms with Gasteiger partial charge in [-0.25, -0.2) is 0 Å². The number of allylic oxidation sites excluding steroid dienone is 6. The molecular formula is C30H27N. The molecule has 0 unspecified atom stereocenters. The van der Waals surface area contributed by atoms with Gasteiger partial charge in [0.15, 0.2) is 0 Å². The molecule has 0 saturated heterocycles.